The van der Waals surface area contributed by atoms with E-state index < -0.39 is 35.3 Å². The van der Waals surface area contributed by atoms with E-state index in [-0.39, 0.29) is 12.1 Å². The van der Waals surface area contributed by atoms with Crippen LogP contribution in [0.3, 0.4) is 0 Å². The van der Waals surface area contributed by atoms with Gasteiger partial charge in [-0.25, -0.2) is 0 Å². The summed E-state index contributed by atoms with van der Waals surface area (Å²) < 4.78 is 37.4. The fraction of sp³-hybridized carbons (Fsp3) is 0.467. The summed E-state index contributed by atoms with van der Waals surface area (Å²) in [5, 5.41) is 30.7. The monoisotopic (exact) mass is 330 g/mol. The van der Waals surface area contributed by atoms with Gasteiger partial charge < -0.3 is 15.5 Å². The number of nitrogens with one attached hydrogen (secondary N) is 1. The third-order valence-corrected chi connectivity index (χ3v) is 3.40. The van der Waals surface area contributed by atoms with E-state index in [0.717, 1.165) is 24.3 Å². The summed E-state index contributed by atoms with van der Waals surface area (Å²) in [4.78, 5) is 12.2. The van der Waals surface area contributed by atoms with Crippen LogP contribution in [-0.4, -0.2) is 28.3 Å². The summed E-state index contributed by atoms with van der Waals surface area (Å²) in [7, 11) is 0. The number of carbonyl (C=O) groups is 1. The van der Waals surface area contributed by atoms with Crippen LogP contribution in [0.1, 0.15) is 25.8 Å². The first-order valence-corrected chi connectivity index (χ1v) is 6.76. The Hall–Kier alpha value is -2.11. The summed E-state index contributed by atoms with van der Waals surface area (Å²) >= 11 is 0. The van der Waals surface area contributed by atoms with Gasteiger partial charge in [0.05, 0.1) is 23.8 Å². The first-order chi connectivity index (χ1) is 10.5. The van der Waals surface area contributed by atoms with E-state index in [1.165, 1.54) is 13.8 Å². The molecule has 0 fully saturated rings. The van der Waals surface area contributed by atoms with Crippen LogP contribution in [-0.2, 0) is 11.0 Å². The second-order valence-electron chi connectivity index (χ2n) is 5.44. The number of carbonyl (C=O) groups excluding carboxylic acids is 1. The minimum absolute atomic E-state index is 0.0636. The number of aliphatic hydroxyl groups excluding tert-OH is 2. The van der Waals surface area contributed by atoms with Crippen molar-refractivity contribution in [2.75, 3.05) is 5.32 Å². The quantitative estimate of drug-likeness (QED) is 0.772. The van der Waals surface area contributed by atoms with Gasteiger partial charge in [0.15, 0.2) is 5.41 Å². The van der Waals surface area contributed by atoms with Crippen LogP contribution < -0.4 is 5.32 Å². The highest BCUT2D eigenvalue weighted by atomic mass is 19.4. The van der Waals surface area contributed by atoms with Crippen LogP contribution >= 0.6 is 0 Å². The highest BCUT2D eigenvalue weighted by molar-refractivity contribution is 5.97. The van der Waals surface area contributed by atoms with Crippen molar-refractivity contribution in [1.82, 2.24) is 0 Å². The smallest absolute Gasteiger partial charge is 0.393 e. The molecule has 0 aliphatic heterocycles. The fourth-order valence-electron chi connectivity index (χ4n) is 1.84. The van der Waals surface area contributed by atoms with Crippen LogP contribution in [0.15, 0.2) is 24.3 Å². The van der Waals surface area contributed by atoms with Gasteiger partial charge in [-0.15, -0.1) is 0 Å². The third-order valence-electron chi connectivity index (χ3n) is 3.40. The van der Waals surface area contributed by atoms with E-state index in [9.17, 15) is 28.2 Å². The molecule has 0 aliphatic carbocycles. The van der Waals surface area contributed by atoms with Crippen LogP contribution in [0.2, 0.25) is 0 Å². The Labute approximate surface area is 131 Å². The number of hydrogen-bond acceptors (Lipinski definition) is 4. The molecule has 0 saturated heterocycles. The van der Waals surface area contributed by atoms with Gasteiger partial charge in [0.2, 0.25) is 5.91 Å². The molecule has 3 N–H and O–H groups in total. The number of alkyl halides is 3. The van der Waals surface area contributed by atoms with Crippen LogP contribution in [0.25, 0.3) is 0 Å². The van der Waals surface area contributed by atoms with Crippen molar-refractivity contribution in [3.05, 3.63) is 29.8 Å². The zero-order chi connectivity index (χ0) is 17.8. The van der Waals surface area contributed by atoms with E-state index in [1.807, 2.05) is 0 Å². The number of anilines is 1. The first kappa shape index (κ1) is 18.9. The Morgan fingerprint density at radius 2 is 1.83 bits per heavy atom. The molecule has 0 heterocycles. The molecule has 0 saturated carbocycles. The van der Waals surface area contributed by atoms with Gasteiger partial charge in [-0.05, 0) is 38.1 Å². The Morgan fingerprint density at radius 3 is 2.22 bits per heavy atom. The number of amides is 1. The molecule has 0 radical (unpaired) electrons. The maximum atomic E-state index is 12.5. The predicted molar refractivity (Wildman–Crippen MR) is 76.1 cm³/mol. The minimum Gasteiger partial charge on any atom is -0.393 e. The average Bonchev–Trinajstić information content (AvgIpc) is 2.45. The first-order valence-electron chi connectivity index (χ1n) is 6.76. The normalized spacial score (nSPS) is 16.8. The molecule has 126 valence electrons. The third kappa shape index (κ3) is 4.68. The molecule has 1 amide bonds. The number of aliphatic hydroxyl groups is 2. The molecule has 0 aromatic heterocycles. The van der Waals surface area contributed by atoms with Crippen LogP contribution in [0, 0.1) is 16.7 Å². The molecule has 23 heavy (non-hydrogen) atoms. The molecule has 8 heteroatoms. The SMILES string of the molecule is CC(O)CC(O)C(C)(C#N)C(=O)Nc1ccc(C(F)(F)F)cc1. The van der Waals surface area contributed by atoms with Crippen LogP contribution in [0.5, 0.6) is 0 Å². The minimum atomic E-state index is -4.49. The Kier molecular flexibility index (Phi) is 5.75. The Bertz CT molecular complexity index is 593. The summed E-state index contributed by atoms with van der Waals surface area (Å²) in [6.45, 7) is 2.59. The van der Waals surface area contributed by atoms with Gasteiger partial charge in [0, 0.05) is 12.1 Å². The van der Waals surface area contributed by atoms with Crippen molar-refractivity contribution < 1.29 is 28.2 Å². The van der Waals surface area contributed by atoms with Crippen molar-refractivity contribution in [1.29, 1.82) is 5.26 Å². The van der Waals surface area contributed by atoms with E-state index in [2.05, 4.69) is 5.32 Å². The molecule has 5 nitrogen and oxygen atoms in total. The highest BCUT2D eigenvalue weighted by Gasteiger charge is 2.41. The summed E-state index contributed by atoms with van der Waals surface area (Å²) in [6, 6.07) is 5.39. The fourth-order valence-corrected chi connectivity index (χ4v) is 1.84. The lowest BCUT2D eigenvalue weighted by Crippen LogP contribution is -2.43. The van der Waals surface area contributed by atoms with Gasteiger partial charge in [0.1, 0.15) is 0 Å². The average molecular weight is 330 g/mol. The molecule has 3 unspecified atom stereocenters. The van der Waals surface area contributed by atoms with Gasteiger partial charge >= 0.3 is 6.18 Å². The second kappa shape index (κ2) is 6.98. The van der Waals surface area contributed by atoms with E-state index >= 15 is 0 Å². The van der Waals surface area contributed by atoms with E-state index in [1.54, 1.807) is 6.07 Å². The number of rotatable bonds is 5. The zero-order valence-electron chi connectivity index (χ0n) is 12.6. The molecule has 1 aromatic rings. The van der Waals surface area contributed by atoms with Gasteiger partial charge in [-0.3, -0.25) is 4.79 Å². The van der Waals surface area contributed by atoms with Crippen molar-refractivity contribution in [2.45, 2.75) is 38.7 Å². The molecule has 3 atom stereocenters. The maximum absolute atomic E-state index is 12.5. The lowest BCUT2D eigenvalue weighted by molar-refractivity contribution is -0.137. The standard InChI is InChI=1S/C15H17F3N2O3/c1-9(21)7-12(22)14(2,8-19)13(23)20-11-5-3-10(4-6-11)15(16,17)18/h3-6,9,12,21-22H,7H2,1-2H3,(H,20,23). The maximum Gasteiger partial charge on any atom is 0.416 e. The highest BCUT2D eigenvalue weighted by Crippen LogP contribution is 2.31. The Morgan fingerprint density at radius 1 is 1.30 bits per heavy atom. The molecule has 0 aliphatic rings. The number of hydrogen-bond donors (Lipinski definition) is 3. The molecule has 0 spiro atoms. The van der Waals surface area contributed by atoms with Crippen molar-refractivity contribution in [2.24, 2.45) is 5.41 Å². The zero-order valence-corrected chi connectivity index (χ0v) is 12.6. The van der Waals surface area contributed by atoms with Gasteiger partial charge in [0.25, 0.3) is 0 Å². The van der Waals surface area contributed by atoms with Gasteiger partial charge in [-0.1, -0.05) is 0 Å². The largest absolute Gasteiger partial charge is 0.416 e. The number of benzene rings is 1. The summed E-state index contributed by atoms with van der Waals surface area (Å²) in [6.07, 6.45) is -7.03. The molecule has 1 rings (SSSR count). The number of nitrogens with zero attached hydrogens (tertiary/aromatic N) is 1. The number of halogens is 3. The predicted octanol–water partition coefficient (Wildman–Crippen LogP) is 2.31. The molecular formula is C15H17F3N2O3. The topological polar surface area (TPSA) is 93.3 Å². The second-order valence-corrected chi connectivity index (χ2v) is 5.44. The number of nitriles is 1. The van der Waals surface area contributed by atoms with E-state index in [0.29, 0.717) is 0 Å². The van der Waals surface area contributed by atoms with E-state index in [4.69, 9.17) is 5.26 Å². The van der Waals surface area contributed by atoms with Crippen molar-refractivity contribution >= 4 is 11.6 Å². The molecule has 1 aromatic carbocycles. The molecule has 0 bridgehead atoms. The Balaban J connectivity index is 2.90. The van der Waals surface area contributed by atoms with Gasteiger partial charge in [-0.2, -0.15) is 18.4 Å². The lowest BCUT2D eigenvalue weighted by Gasteiger charge is -2.27. The van der Waals surface area contributed by atoms with Crippen molar-refractivity contribution in [3.63, 3.8) is 0 Å². The van der Waals surface area contributed by atoms with Crippen LogP contribution in [0.4, 0.5) is 18.9 Å². The molecular weight excluding hydrogens is 313 g/mol. The summed E-state index contributed by atoms with van der Waals surface area (Å²) in [5.41, 5.74) is -2.65. The van der Waals surface area contributed by atoms with Crippen molar-refractivity contribution in [3.8, 4) is 6.07 Å². The lowest BCUT2D eigenvalue weighted by atomic mass is 9.82. The summed E-state index contributed by atoms with van der Waals surface area (Å²) in [5.74, 6) is -0.868.